The number of hydrogen-bond donors (Lipinski definition) is 1. The predicted molar refractivity (Wildman–Crippen MR) is 73.5 cm³/mol. The molecule has 0 aliphatic carbocycles. The average molecular weight is 237 g/mol. The first-order chi connectivity index (χ1) is 7.84. The van der Waals surface area contributed by atoms with E-state index in [1.807, 2.05) is 0 Å². The number of rotatable bonds is 5. The number of hydrogen-bond acceptors (Lipinski definition) is 2. The summed E-state index contributed by atoms with van der Waals surface area (Å²) in [5, 5.41) is 8.21. The third kappa shape index (κ3) is 3.32. The van der Waals surface area contributed by atoms with Crippen molar-refractivity contribution < 1.29 is 0 Å². The maximum atomic E-state index is 4.69. The van der Waals surface area contributed by atoms with Gasteiger partial charge in [-0.3, -0.25) is 4.68 Å². The molecule has 1 atom stereocenters. The van der Waals surface area contributed by atoms with Crippen LogP contribution in [0.4, 0.5) is 0 Å². The van der Waals surface area contributed by atoms with Gasteiger partial charge in [0.1, 0.15) is 0 Å². The Bertz CT molecular complexity index is 364. The summed E-state index contributed by atoms with van der Waals surface area (Å²) in [5.41, 5.74) is 3.77. The van der Waals surface area contributed by atoms with Gasteiger partial charge in [0.2, 0.25) is 0 Å². The van der Waals surface area contributed by atoms with Crippen LogP contribution in [0.1, 0.15) is 50.7 Å². The van der Waals surface area contributed by atoms with Crippen LogP contribution in [0.5, 0.6) is 0 Å². The van der Waals surface area contributed by atoms with Crippen LogP contribution >= 0.6 is 0 Å². The van der Waals surface area contributed by atoms with Gasteiger partial charge in [-0.25, -0.2) is 0 Å². The second-order valence-corrected chi connectivity index (χ2v) is 5.61. The molecule has 0 spiro atoms. The van der Waals surface area contributed by atoms with Gasteiger partial charge in [0.15, 0.2) is 0 Å². The van der Waals surface area contributed by atoms with Crippen LogP contribution in [-0.4, -0.2) is 22.4 Å². The van der Waals surface area contributed by atoms with Gasteiger partial charge >= 0.3 is 0 Å². The molecule has 1 rings (SSSR count). The van der Waals surface area contributed by atoms with E-state index < -0.39 is 0 Å². The van der Waals surface area contributed by atoms with Gasteiger partial charge in [0.25, 0.3) is 0 Å². The molecular weight excluding hydrogens is 210 g/mol. The second kappa shape index (κ2) is 5.67. The Hall–Kier alpha value is -0.830. The highest BCUT2D eigenvalue weighted by molar-refractivity contribution is 5.22. The quantitative estimate of drug-likeness (QED) is 0.853. The normalized spacial score (nSPS) is 13.7. The van der Waals surface area contributed by atoms with Crippen molar-refractivity contribution in [1.29, 1.82) is 0 Å². The average Bonchev–Trinajstić information content (AvgIpc) is 2.46. The lowest BCUT2D eigenvalue weighted by Gasteiger charge is -2.24. The predicted octanol–water partition coefficient (Wildman–Crippen LogP) is 3.00. The summed E-state index contributed by atoms with van der Waals surface area (Å²) in [6.45, 7) is 16.3. The summed E-state index contributed by atoms with van der Waals surface area (Å²) in [4.78, 5) is 0. The molecule has 0 bridgehead atoms. The topological polar surface area (TPSA) is 29.9 Å². The highest BCUT2D eigenvalue weighted by atomic mass is 15.3. The van der Waals surface area contributed by atoms with Gasteiger partial charge in [-0.05, 0) is 32.3 Å². The van der Waals surface area contributed by atoms with E-state index in [2.05, 4.69) is 63.6 Å². The maximum Gasteiger partial charge on any atom is 0.0669 e. The molecule has 3 nitrogen and oxygen atoms in total. The van der Waals surface area contributed by atoms with Gasteiger partial charge in [0, 0.05) is 18.3 Å². The smallest absolute Gasteiger partial charge is 0.0669 e. The first-order valence-electron chi connectivity index (χ1n) is 6.60. The van der Waals surface area contributed by atoms with E-state index in [1.54, 1.807) is 0 Å². The van der Waals surface area contributed by atoms with Gasteiger partial charge in [0.05, 0.1) is 11.7 Å². The van der Waals surface area contributed by atoms with Crippen molar-refractivity contribution in [2.75, 3.05) is 6.54 Å². The Morgan fingerprint density at radius 1 is 1.12 bits per heavy atom. The van der Waals surface area contributed by atoms with E-state index >= 15 is 0 Å². The van der Waals surface area contributed by atoms with Crippen molar-refractivity contribution in [3.05, 3.63) is 17.0 Å². The molecule has 1 heterocycles. The van der Waals surface area contributed by atoms with Gasteiger partial charge in [-0.1, -0.05) is 27.7 Å². The summed E-state index contributed by atoms with van der Waals surface area (Å²) < 4.78 is 2.20. The SMILES string of the molecule is Cc1nn(C(CNC(C)C)C(C)C)c(C)c1C. The zero-order valence-electron chi connectivity index (χ0n) is 12.3. The van der Waals surface area contributed by atoms with Crippen molar-refractivity contribution >= 4 is 0 Å². The molecule has 1 unspecified atom stereocenters. The van der Waals surface area contributed by atoms with Crippen molar-refractivity contribution in [1.82, 2.24) is 15.1 Å². The fraction of sp³-hybridized carbons (Fsp3) is 0.786. The zero-order valence-corrected chi connectivity index (χ0v) is 12.3. The first kappa shape index (κ1) is 14.2. The van der Waals surface area contributed by atoms with Crippen LogP contribution in [0, 0.1) is 26.7 Å². The van der Waals surface area contributed by atoms with Crippen molar-refractivity contribution in [3.8, 4) is 0 Å². The Labute approximate surface area is 106 Å². The van der Waals surface area contributed by atoms with Crippen LogP contribution in [0.25, 0.3) is 0 Å². The van der Waals surface area contributed by atoms with Gasteiger partial charge in [-0.15, -0.1) is 0 Å². The van der Waals surface area contributed by atoms with E-state index in [0.29, 0.717) is 18.0 Å². The van der Waals surface area contributed by atoms with E-state index in [1.165, 1.54) is 11.3 Å². The lowest BCUT2D eigenvalue weighted by molar-refractivity contribution is 0.316. The Kier molecular flexibility index (Phi) is 4.75. The molecule has 0 saturated carbocycles. The minimum absolute atomic E-state index is 0.435. The van der Waals surface area contributed by atoms with Crippen LogP contribution in [0.15, 0.2) is 0 Å². The van der Waals surface area contributed by atoms with Crippen molar-refractivity contribution in [2.24, 2.45) is 5.92 Å². The Balaban J connectivity index is 2.93. The van der Waals surface area contributed by atoms with E-state index in [0.717, 1.165) is 12.2 Å². The molecule has 1 N–H and O–H groups in total. The summed E-state index contributed by atoms with van der Waals surface area (Å²) in [6.07, 6.45) is 0. The number of nitrogens with one attached hydrogen (secondary N) is 1. The van der Waals surface area contributed by atoms with Crippen LogP contribution < -0.4 is 5.32 Å². The molecule has 1 aromatic heterocycles. The second-order valence-electron chi connectivity index (χ2n) is 5.61. The number of aromatic nitrogens is 2. The molecule has 0 aliphatic rings. The van der Waals surface area contributed by atoms with Crippen molar-refractivity contribution in [3.63, 3.8) is 0 Å². The van der Waals surface area contributed by atoms with Crippen LogP contribution in [0.2, 0.25) is 0 Å². The minimum atomic E-state index is 0.435. The molecule has 0 fully saturated rings. The summed E-state index contributed by atoms with van der Waals surface area (Å²) in [6, 6.07) is 0.958. The molecule has 3 heteroatoms. The minimum Gasteiger partial charge on any atom is -0.312 e. The zero-order chi connectivity index (χ0) is 13.2. The Morgan fingerprint density at radius 2 is 1.71 bits per heavy atom. The lowest BCUT2D eigenvalue weighted by atomic mass is 10.0. The van der Waals surface area contributed by atoms with Crippen molar-refractivity contribution in [2.45, 2.75) is 60.5 Å². The molecule has 98 valence electrons. The van der Waals surface area contributed by atoms with Gasteiger partial charge in [-0.2, -0.15) is 5.10 Å². The molecule has 0 radical (unpaired) electrons. The number of nitrogens with zero attached hydrogens (tertiary/aromatic N) is 2. The monoisotopic (exact) mass is 237 g/mol. The van der Waals surface area contributed by atoms with Crippen LogP contribution in [-0.2, 0) is 0 Å². The molecule has 0 amide bonds. The standard InChI is InChI=1S/C14H27N3/c1-9(2)14(8-15-10(3)4)17-13(7)11(5)12(6)16-17/h9-10,14-15H,8H2,1-7H3. The van der Waals surface area contributed by atoms with E-state index in [4.69, 9.17) is 0 Å². The summed E-state index contributed by atoms with van der Waals surface area (Å²) in [5.74, 6) is 0.582. The fourth-order valence-corrected chi connectivity index (χ4v) is 2.03. The summed E-state index contributed by atoms with van der Waals surface area (Å²) in [7, 11) is 0. The summed E-state index contributed by atoms with van der Waals surface area (Å²) >= 11 is 0. The molecule has 17 heavy (non-hydrogen) atoms. The number of aryl methyl sites for hydroxylation is 1. The first-order valence-corrected chi connectivity index (χ1v) is 6.60. The third-order valence-electron chi connectivity index (χ3n) is 3.51. The molecular formula is C14H27N3. The molecule has 0 saturated heterocycles. The largest absolute Gasteiger partial charge is 0.312 e. The highest BCUT2D eigenvalue weighted by Crippen LogP contribution is 2.21. The van der Waals surface area contributed by atoms with E-state index in [-0.39, 0.29) is 0 Å². The fourth-order valence-electron chi connectivity index (χ4n) is 2.03. The highest BCUT2D eigenvalue weighted by Gasteiger charge is 2.20. The molecule has 1 aromatic rings. The molecule has 0 aromatic carbocycles. The molecule has 0 aliphatic heterocycles. The van der Waals surface area contributed by atoms with Crippen LogP contribution in [0.3, 0.4) is 0 Å². The maximum absolute atomic E-state index is 4.69. The lowest BCUT2D eigenvalue weighted by Crippen LogP contribution is -2.33. The van der Waals surface area contributed by atoms with E-state index in [9.17, 15) is 0 Å². The van der Waals surface area contributed by atoms with Gasteiger partial charge < -0.3 is 5.32 Å². The third-order valence-corrected chi connectivity index (χ3v) is 3.51. The Morgan fingerprint density at radius 3 is 2.06 bits per heavy atom.